The molecule has 456 valence electrons. The van der Waals surface area contributed by atoms with Crippen molar-refractivity contribution in [2.45, 2.75) is 119 Å². The van der Waals surface area contributed by atoms with Crippen molar-refractivity contribution >= 4 is 107 Å². The highest BCUT2D eigenvalue weighted by molar-refractivity contribution is 6.14. The molecule has 0 saturated carbocycles. The van der Waals surface area contributed by atoms with Crippen LogP contribution in [-0.2, 0) is 48.4 Å². The molecule has 3 heterocycles. The first-order valence-electron chi connectivity index (χ1n) is 28.2. The van der Waals surface area contributed by atoms with Crippen molar-refractivity contribution in [3.63, 3.8) is 0 Å². The molecule has 0 fully saturated rings. The third-order valence-electron chi connectivity index (χ3n) is 14.5. The monoisotopic (exact) mass is 1360 g/mol. The Kier molecular flexibility index (Phi) is 34.0. The highest BCUT2D eigenvalue weighted by Crippen LogP contribution is 2.31. The molecule has 6 aromatic carbocycles. The quantitative estimate of drug-likeness (QED) is 0.0851. The second-order valence-electron chi connectivity index (χ2n) is 21.1. The molecule has 86 heavy (non-hydrogen) atoms. The van der Waals surface area contributed by atoms with Crippen LogP contribution in [0.4, 0.5) is 17.1 Å². The molecule has 0 aliphatic heterocycles. The summed E-state index contributed by atoms with van der Waals surface area (Å²) in [6, 6.07) is 43.6. The van der Waals surface area contributed by atoms with Gasteiger partial charge in [-0.1, -0.05) is 58.2 Å². The largest absolute Gasteiger partial charge is 1.00 e. The van der Waals surface area contributed by atoms with Gasteiger partial charge in [0, 0.05) is 126 Å². The minimum Gasteiger partial charge on any atom is -1.00 e. The Morgan fingerprint density at radius 1 is 0.419 bits per heavy atom. The molecule has 0 aliphatic rings. The summed E-state index contributed by atoms with van der Waals surface area (Å²) in [7, 11) is 12.4. The summed E-state index contributed by atoms with van der Waals surface area (Å²) in [5, 5.41) is 16.4. The number of carbonyl (C=O) groups excluding carboxylic acids is 7. The predicted molar refractivity (Wildman–Crippen MR) is 329 cm³/mol. The highest BCUT2D eigenvalue weighted by Gasteiger charge is 2.25. The van der Waals surface area contributed by atoms with E-state index in [4.69, 9.17) is 34.5 Å². The average molecular weight is 1360 g/mol. The van der Waals surface area contributed by atoms with Crippen LogP contribution >= 0.6 is 0 Å². The van der Waals surface area contributed by atoms with E-state index in [0.717, 1.165) is 93.0 Å². The van der Waals surface area contributed by atoms with Gasteiger partial charge in [-0.2, -0.15) is 47.7 Å². The smallest absolute Gasteiger partial charge is 0.373 e. The Balaban J connectivity index is 0.000000593. The number of amides is 1. The normalized spacial score (nSPS) is 9.90. The van der Waals surface area contributed by atoms with Crippen molar-refractivity contribution in [1.29, 1.82) is 5.26 Å². The molecule has 0 atom stereocenters. The first-order valence-corrected chi connectivity index (χ1v) is 28.2. The fourth-order valence-corrected chi connectivity index (χ4v) is 10.3. The minimum absolute atomic E-state index is 0. The lowest BCUT2D eigenvalue weighted by molar-refractivity contribution is -0.646. The zero-order valence-corrected chi connectivity index (χ0v) is 56.4. The number of rotatable bonds is 16. The molecular weight excluding hydrogens is 1280 g/mol. The van der Waals surface area contributed by atoms with E-state index in [1.807, 2.05) is 38.4 Å². The summed E-state index contributed by atoms with van der Waals surface area (Å²) in [4.78, 5) is 67.4. The maximum absolute atomic E-state index is 12.3. The molecule has 9 aromatic rings. The van der Waals surface area contributed by atoms with Gasteiger partial charge >= 0.3 is 18.5 Å². The van der Waals surface area contributed by atoms with Gasteiger partial charge in [-0.3, -0.25) is 4.79 Å². The number of primary amides is 1. The zero-order valence-electron chi connectivity index (χ0n) is 51.7. The molecule has 1 amide bonds. The summed E-state index contributed by atoms with van der Waals surface area (Å²) in [5.41, 5.74) is 21.6. The molecule has 0 saturated heterocycles. The molecule has 0 spiro atoms. The van der Waals surface area contributed by atoms with Crippen molar-refractivity contribution in [1.82, 2.24) is 0 Å². The third kappa shape index (κ3) is 19.9. The molecule has 0 radical (unpaired) electrons. The average Bonchev–Trinajstić information content (AvgIpc) is 1.66. The van der Waals surface area contributed by atoms with E-state index in [-0.39, 0.29) is 75.3 Å². The van der Waals surface area contributed by atoms with Crippen molar-refractivity contribution in [3.05, 3.63) is 143 Å². The lowest BCUT2D eigenvalue weighted by atomic mass is 9.99. The van der Waals surface area contributed by atoms with Gasteiger partial charge in [-0.15, -0.1) is 0 Å². The van der Waals surface area contributed by atoms with Gasteiger partial charge in [0.1, 0.15) is 25.7 Å². The molecule has 0 bridgehead atoms. The summed E-state index contributed by atoms with van der Waals surface area (Å²) in [5.74, 6) is -0.373. The molecule has 18 heteroatoms. The Morgan fingerprint density at radius 2 is 0.698 bits per heavy atom. The van der Waals surface area contributed by atoms with Gasteiger partial charge in [0.15, 0.2) is 0 Å². The first-order chi connectivity index (χ1) is 39.8. The van der Waals surface area contributed by atoms with Crippen LogP contribution in [0.1, 0.15) is 111 Å². The molecule has 3 aromatic heterocycles. The second-order valence-corrected chi connectivity index (χ2v) is 21.1. The van der Waals surface area contributed by atoms with E-state index in [1.54, 1.807) is 0 Å². The molecular formula is C68H81Br3N8O7. The topological polar surface area (TPSA) is 191 Å². The summed E-state index contributed by atoms with van der Waals surface area (Å²) in [6.07, 6.45) is 11.6. The van der Waals surface area contributed by atoms with Gasteiger partial charge in [0.2, 0.25) is 39.0 Å². The molecule has 2 N–H and O–H groups in total. The number of nitrogens with zero attached hydrogens (tertiary/aromatic N) is 7. The molecule has 0 unspecified atom stereocenters. The van der Waals surface area contributed by atoms with Crippen molar-refractivity contribution in [2.75, 3.05) is 57.0 Å². The van der Waals surface area contributed by atoms with Gasteiger partial charge < -0.3 is 71.4 Å². The number of hydrogen-bond acceptors (Lipinski definition) is 11. The van der Waals surface area contributed by atoms with E-state index in [9.17, 15) is 10.1 Å². The lowest BCUT2D eigenvalue weighted by Gasteiger charge is -2.15. The predicted octanol–water partition coefficient (Wildman–Crippen LogP) is 2.77. The van der Waals surface area contributed by atoms with Crippen LogP contribution in [0.3, 0.4) is 0 Å². The Morgan fingerprint density at radius 3 is 1.08 bits per heavy atom. The fourth-order valence-electron chi connectivity index (χ4n) is 10.3. The number of pyridine rings is 3. The molecule has 9 rings (SSSR count). The number of aromatic nitrogens is 3. The Bertz CT molecular complexity index is 3840. The van der Waals surface area contributed by atoms with Gasteiger partial charge in [-0.05, 0) is 117 Å². The third-order valence-corrected chi connectivity index (χ3v) is 14.5. The number of benzene rings is 6. The van der Waals surface area contributed by atoms with Crippen LogP contribution in [0, 0.1) is 32.1 Å². The summed E-state index contributed by atoms with van der Waals surface area (Å²) >= 11 is 0. The maximum atomic E-state index is 12.3. The minimum atomic E-state index is -0.373. The first kappa shape index (κ1) is 76.3. The number of nitrogens with two attached hydrogens (primary N) is 1. The van der Waals surface area contributed by atoms with Crippen molar-refractivity contribution < 1.29 is 98.2 Å². The van der Waals surface area contributed by atoms with Crippen LogP contribution < -0.4 is 85.1 Å². The Hall–Kier alpha value is -7.73. The van der Waals surface area contributed by atoms with Crippen molar-refractivity contribution in [3.8, 4) is 6.07 Å². The SMILES string of the molecule is CCCCC[n+]1c2cc(C)ccc2c(C#N)c2ccc(N(C)C)cc21.CCCCC[n+]1c2cc(C)ccc2c(C(N)=O)c2ccc(N(C)C)cc21.CCCCC[n+]1c2cc(C)ccc2cc2ccc(N(C)C)cc21.O=C=O.O=C=O.O=C=O.[Br-].[Br-].[Br-]. The Labute approximate surface area is 537 Å². The second kappa shape index (κ2) is 38.3. The zero-order chi connectivity index (χ0) is 61.3. The van der Waals surface area contributed by atoms with Gasteiger partial charge in [-0.25, -0.2) is 0 Å². The van der Waals surface area contributed by atoms with E-state index < -0.39 is 0 Å². The number of unbranched alkanes of at least 4 members (excludes halogenated alkanes) is 6. The summed E-state index contributed by atoms with van der Waals surface area (Å²) < 4.78 is 7.27. The van der Waals surface area contributed by atoms with Crippen LogP contribution in [-0.4, -0.2) is 66.6 Å². The van der Waals surface area contributed by atoms with E-state index in [1.165, 1.54) is 89.1 Å². The number of anilines is 3. The van der Waals surface area contributed by atoms with Crippen LogP contribution in [0.5, 0.6) is 0 Å². The van der Waals surface area contributed by atoms with Gasteiger partial charge in [0.25, 0.3) is 0 Å². The summed E-state index contributed by atoms with van der Waals surface area (Å²) in [6.45, 7) is 16.1. The number of hydrogen-bond donors (Lipinski definition) is 1. The number of carbonyl (C=O) groups is 1. The maximum Gasteiger partial charge on any atom is 0.373 e. The fraction of sp³-hybridized carbons (Fsp3) is 0.353. The lowest BCUT2D eigenvalue weighted by Crippen LogP contribution is -3.00. The van der Waals surface area contributed by atoms with E-state index in [0.29, 0.717) is 5.56 Å². The van der Waals surface area contributed by atoms with E-state index >= 15 is 0 Å². The van der Waals surface area contributed by atoms with E-state index in [2.05, 4.69) is 195 Å². The number of nitriles is 1. The molecule has 15 nitrogen and oxygen atoms in total. The standard InChI is InChI=1S/C22H27N3O.C22H26N3.C21H27N2.3CO2.3BrH/c1-5-6-7-12-25-19-13-15(2)8-10-17(19)21(22(23)26)18-11-9-16(24(3)4)14-20(18)25;1-5-6-7-12-25-21-13-16(2)8-10-18(21)20(15-23)19-11-9-17(24(3)4)14-22(19)25;1-5-6-7-12-23-20-13-16(2)8-9-17(20)14-18-10-11-19(22(3)4)15-21(18)23;3*2-1-3;;;/h8-11,13-14H,5-7,12H2,1-4H3,(H-,23,26);8-11,13-14H,5-7,12H2,1-4H3;8-11,13-15H,5-7,12H2,1-4H3;;;;3*1H/q;2*+1;;;;;;/p-2. The highest BCUT2D eigenvalue weighted by atomic mass is 79.9. The number of halogens is 3. The molecule has 0 aliphatic carbocycles. The van der Waals surface area contributed by atoms with Crippen LogP contribution in [0.2, 0.25) is 0 Å². The number of aryl methyl sites for hydroxylation is 6. The van der Waals surface area contributed by atoms with Crippen molar-refractivity contribution in [2.24, 2.45) is 5.73 Å². The van der Waals surface area contributed by atoms with Crippen LogP contribution in [0.25, 0.3) is 65.4 Å². The van der Waals surface area contributed by atoms with Crippen LogP contribution in [0.15, 0.2) is 115 Å². The number of fused-ring (bicyclic) bond motifs is 6. The van der Waals surface area contributed by atoms with Gasteiger partial charge in [0.05, 0.1) is 32.7 Å².